The molecule has 0 spiro atoms. The lowest BCUT2D eigenvalue weighted by atomic mass is 10.1. The van der Waals surface area contributed by atoms with Crippen LogP contribution in [-0.2, 0) is 16.4 Å². The van der Waals surface area contributed by atoms with Crippen LogP contribution in [-0.4, -0.2) is 29.6 Å². The molecule has 3 aromatic carbocycles. The summed E-state index contributed by atoms with van der Waals surface area (Å²) in [7, 11) is -3.82. The number of aromatic nitrogens is 1. The van der Waals surface area contributed by atoms with Crippen LogP contribution in [0.1, 0.15) is 16.7 Å². The maximum Gasteiger partial charge on any atom is 0.264 e. The van der Waals surface area contributed by atoms with Crippen molar-refractivity contribution in [3.05, 3.63) is 99.6 Å². The van der Waals surface area contributed by atoms with Crippen LogP contribution in [0.2, 0.25) is 0 Å². The van der Waals surface area contributed by atoms with Gasteiger partial charge in [0, 0.05) is 5.39 Å². The molecule has 0 atom stereocenters. The first-order chi connectivity index (χ1) is 16.3. The molecule has 7 nitrogen and oxygen atoms in total. The molecule has 9 heteroatoms. The second-order valence-corrected chi connectivity index (χ2v) is 9.83. The minimum absolute atomic E-state index is 0.0143. The molecule has 0 saturated carbocycles. The lowest BCUT2D eigenvalue weighted by Gasteiger charge is -2.19. The molecule has 0 saturated heterocycles. The predicted octanol–water partition coefficient (Wildman–Crippen LogP) is 3.67. The van der Waals surface area contributed by atoms with E-state index in [1.807, 2.05) is 6.07 Å². The van der Waals surface area contributed by atoms with E-state index in [-0.39, 0.29) is 39.3 Å². The molecule has 1 N–H and O–H groups in total. The highest BCUT2D eigenvalue weighted by Crippen LogP contribution is 2.34. The lowest BCUT2D eigenvalue weighted by molar-refractivity contribution is 0.477. The van der Waals surface area contributed by atoms with E-state index in [4.69, 9.17) is 0 Å². The summed E-state index contributed by atoms with van der Waals surface area (Å²) in [6.45, 7) is 0.0143. The molecule has 34 heavy (non-hydrogen) atoms. The Bertz CT molecular complexity index is 1730. The Morgan fingerprint density at radius 1 is 1.09 bits per heavy atom. The summed E-state index contributed by atoms with van der Waals surface area (Å²) in [5.41, 5.74) is 0.364. The van der Waals surface area contributed by atoms with Crippen molar-refractivity contribution in [1.82, 2.24) is 4.57 Å². The van der Waals surface area contributed by atoms with Crippen LogP contribution in [0.3, 0.4) is 0 Å². The summed E-state index contributed by atoms with van der Waals surface area (Å²) < 4.78 is 41.2. The first-order valence-electron chi connectivity index (χ1n) is 10.2. The van der Waals surface area contributed by atoms with Crippen LogP contribution in [0.15, 0.2) is 81.4 Å². The number of halogens is 1. The summed E-state index contributed by atoms with van der Waals surface area (Å²) >= 11 is 0. The smallest absolute Gasteiger partial charge is 0.264 e. The van der Waals surface area contributed by atoms with Crippen molar-refractivity contribution in [3.8, 4) is 11.8 Å². The number of nitriles is 1. The summed E-state index contributed by atoms with van der Waals surface area (Å²) in [6, 6.07) is 18.5. The topological polar surface area (TPSA) is 113 Å². The van der Waals surface area contributed by atoms with Crippen molar-refractivity contribution in [3.63, 3.8) is 0 Å². The highest BCUT2D eigenvalue weighted by molar-refractivity contribution is 7.92. The van der Waals surface area contributed by atoms with Gasteiger partial charge in [0.05, 0.1) is 45.7 Å². The first kappa shape index (κ1) is 21.6. The maximum absolute atomic E-state index is 14.1. The van der Waals surface area contributed by atoms with Crippen molar-refractivity contribution in [1.29, 1.82) is 5.26 Å². The highest BCUT2D eigenvalue weighted by Gasteiger charge is 2.31. The quantitative estimate of drug-likeness (QED) is 0.488. The van der Waals surface area contributed by atoms with Crippen molar-refractivity contribution in [2.75, 3.05) is 5.75 Å². The fourth-order valence-corrected chi connectivity index (χ4v) is 5.57. The van der Waals surface area contributed by atoms with Gasteiger partial charge in [0.2, 0.25) is 0 Å². The Labute approximate surface area is 193 Å². The number of hydrogen-bond acceptors (Lipinski definition) is 6. The van der Waals surface area contributed by atoms with Gasteiger partial charge in [-0.2, -0.15) is 5.26 Å². The summed E-state index contributed by atoms with van der Waals surface area (Å²) in [6.07, 6.45) is 0. The average Bonchev–Trinajstić information content (AvgIpc) is 2.82. The van der Waals surface area contributed by atoms with Crippen LogP contribution in [0.25, 0.3) is 10.9 Å². The van der Waals surface area contributed by atoms with Crippen molar-refractivity contribution >= 4 is 32.1 Å². The van der Waals surface area contributed by atoms with Crippen LogP contribution >= 0.6 is 0 Å². The molecule has 1 aliphatic heterocycles. The summed E-state index contributed by atoms with van der Waals surface area (Å²) in [5.74, 6) is -1.75. The van der Waals surface area contributed by atoms with Gasteiger partial charge in [0.25, 0.3) is 5.56 Å². The molecular weight excluding hydrogens is 457 g/mol. The Morgan fingerprint density at radius 3 is 2.68 bits per heavy atom. The zero-order valence-electron chi connectivity index (χ0n) is 17.6. The Balaban J connectivity index is 1.79. The largest absolute Gasteiger partial charge is 0.506 e. The number of sulfone groups is 1. The van der Waals surface area contributed by atoms with E-state index < -0.39 is 32.7 Å². The summed E-state index contributed by atoms with van der Waals surface area (Å²) in [5, 5.41) is 20.2. The van der Waals surface area contributed by atoms with Gasteiger partial charge in [-0.1, -0.05) is 24.3 Å². The molecule has 5 rings (SSSR count). The Morgan fingerprint density at radius 2 is 1.88 bits per heavy atom. The first-order valence-corrected chi connectivity index (χ1v) is 11.9. The van der Waals surface area contributed by atoms with E-state index in [9.17, 15) is 28.0 Å². The molecule has 0 fully saturated rings. The molecule has 168 valence electrons. The van der Waals surface area contributed by atoms with Gasteiger partial charge in [-0.25, -0.2) is 12.8 Å². The van der Waals surface area contributed by atoms with E-state index in [1.165, 1.54) is 28.8 Å². The molecule has 0 amide bonds. The third-order valence-electron chi connectivity index (χ3n) is 5.67. The SMILES string of the molecule is N#Cc1cccc(Cn2c(=O)c(C3=Nc4ccccc4S(=O)(=O)C3)c(O)c3cc(F)ccc32)c1. The van der Waals surface area contributed by atoms with E-state index in [0.717, 1.165) is 6.07 Å². The number of para-hydroxylation sites is 1. The number of aliphatic imine (C=N–C) groups is 1. The molecule has 2 heterocycles. The van der Waals surface area contributed by atoms with Crippen LogP contribution < -0.4 is 5.56 Å². The zero-order chi connectivity index (χ0) is 24.0. The van der Waals surface area contributed by atoms with Crippen LogP contribution in [0.5, 0.6) is 5.75 Å². The fourth-order valence-electron chi connectivity index (χ4n) is 4.13. The van der Waals surface area contributed by atoms with E-state index in [1.54, 1.807) is 36.4 Å². The third kappa shape index (κ3) is 3.54. The average molecular weight is 473 g/mol. The number of fused-ring (bicyclic) bond motifs is 2. The van der Waals surface area contributed by atoms with Crippen LogP contribution in [0.4, 0.5) is 10.1 Å². The number of rotatable bonds is 3. The van der Waals surface area contributed by atoms with Gasteiger partial charge in [-0.15, -0.1) is 0 Å². The third-order valence-corrected chi connectivity index (χ3v) is 7.34. The molecule has 1 aliphatic rings. The van der Waals surface area contributed by atoms with E-state index in [0.29, 0.717) is 11.1 Å². The molecule has 4 aromatic rings. The number of hydrogen-bond donors (Lipinski definition) is 1. The number of aromatic hydroxyl groups is 1. The maximum atomic E-state index is 14.1. The van der Waals surface area contributed by atoms with E-state index >= 15 is 0 Å². The monoisotopic (exact) mass is 473 g/mol. The fraction of sp³-hybridized carbons (Fsp3) is 0.0800. The molecular formula is C25H16FN3O4S. The summed E-state index contributed by atoms with van der Waals surface area (Å²) in [4.78, 5) is 18.0. The van der Waals surface area contributed by atoms with Crippen molar-refractivity contribution in [2.24, 2.45) is 4.99 Å². The van der Waals surface area contributed by atoms with Crippen LogP contribution in [0, 0.1) is 17.1 Å². The number of nitrogens with zero attached hydrogens (tertiary/aromatic N) is 3. The van der Waals surface area contributed by atoms with Gasteiger partial charge in [0.1, 0.15) is 17.1 Å². The zero-order valence-corrected chi connectivity index (χ0v) is 18.4. The molecule has 1 aromatic heterocycles. The van der Waals surface area contributed by atoms with Gasteiger partial charge in [-0.05, 0) is 48.0 Å². The molecule has 0 bridgehead atoms. The second-order valence-electron chi connectivity index (χ2n) is 7.87. The van der Waals surface area contributed by atoms with Crippen molar-refractivity contribution in [2.45, 2.75) is 11.4 Å². The van der Waals surface area contributed by atoms with Gasteiger partial charge in [0.15, 0.2) is 9.84 Å². The Kier molecular flexibility index (Phi) is 5.03. The minimum Gasteiger partial charge on any atom is -0.506 e. The standard InChI is InChI=1S/C25H16FN3O4S/c26-17-8-9-21-18(11-17)24(30)23(20-14-34(32,33)22-7-2-1-6-19(22)28-20)25(31)29(21)13-16-5-3-4-15(10-16)12-27/h1-11,30H,13-14H2. The lowest BCUT2D eigenvalue weighted by Crippen LogP contribution is -2.32. The second kappa shape index (κ2) is 7.93. The molecule has 0 aliphatic carbocycles. The molecule has 0 unspecified atom stereocenters. The van der Waals surface area contributed by atoms with Gasteiger partial charge < -0.3 is 9.67 Å². The highest BCUT2D eigenvalue weighted by atomic mass is 32.2. The number of benzene rings is 3. The molecule has 0 radical (unpaired) electrons. The normalized spacial score (nSPS) is 14.3. The Hall–Kier alpha value is -4.29. The van der Waals surface area contributed by atoms with Crippen molar-refractivity contribution < 1.29 is 17.9 Å². The predicted molar refractivity (Wildman–Crippen MR) is 125 cm³/mol. The minimum atomic E-state index is -3.82. The number of pyridine rings is 1. The van der Waals surface area contributed by atoms with Gasteiger partial charge in [-0.3, -0.25) is 9.79 Å². The van der Waals surface area contributed by atoms with Gasteiger partial charge >= 0.3 is 0 Å². The van der Waals surface area contributed by atoms with E-state index in [2.05, 4.69) is 4.99 Å².